The topological polar surface area (TPSA) is 66.8 Å². The Morgan fingerprint density at radius 2 is 1.92 bits per heavy atom. The molecule has 0 bridgehead atoms. The summed E-state index contributed by atoms with van der Waals surface area (Å²) in [6, 6.07) is 0. The number of esters is 1. The van der Waals surface area contributed by atoms with Crippen LogP contribution in [0.2, 0.25) is 0 Å². The maximum atomic E-state index is 10.7. The molecule has 0 aliphatic carbocycles. The Morgan fingerprint density at radius 3 is 2.31 bits per heavy atom. The summed E-state index contributed by atoms with van der Waals surface area (Å²) in [7, 11) is 0. The second-order valence-electron chi connectivity index (χ2n) is 2.28. The van der Waals surface area contributed by atoms with E-state index >= 15 is 0 Å². The van der Waals surface area contributed by atoms with Crippen LogP contribution < -0.4 is 0 Å². The van der Waals surface area contributed by atoms with Crippen molar-refractivity contribution in [1.82, 2.24) is 0 Å². The van der Waals surface area contributed by atoms with Crippen LogP contribution in [0.3, 0.4) is 0 Å². The van der Waals surface area contributed by atoms with E-state index in [2.05, 4.69) is 42.6 Å². The molecule has 0 aromatic carbocycles. The molecule has 78 valence electrons. The minimum Gasteiger partial charge on any atom is -0.448 e. The molecule has 0 radical (unpaired) electrons. The van der Waals surface area contributed by atoms with Gasteiger partial charge in [0.25, 0.3) is 0 Å². The first-order chi connectivity index (χ1) is 6.02. The zero-order valence-electron chi connectivity index (χ0n) is 6.70. The Morgan fingerprint density at radius 1 is 1.38 bits per heavy atom. The van der Waals surface area contributed by atoms with Gasteiger partial charge in [0.15, 0.2) is 5.44 Å². The van der Waals surface area contributed by atoms with Gasteiger partial charge in [0, 0.05) is 5.75 Å². The number of thiol groups is 3. The van der Waals surface area contributed by atoms with Gasteiger partial charge in [0.2, 0.25) is 0 Å². The first-order valence-corrected chi connectivity index (χ1v) is 5.26. The predicted molar refractivity (Wildman–Crippen MR) is 58.6 cm³/mol. The molecule has 0 spiro atoms. The molecule has 4 nitrogen and oxygen atoms in total. The van der Waals surface area contributed by atoms with E-state index in [0.29, 0.717) is 0 Å². The molecule has 0 fully saturated rings. The maximum Gasteiger partial charge on any atom is 0.316 e. The van der Waals surface area contributed by atoms with Crippen LogP contribution in [-0.2, 0) is 9.53 Å². The zero-order valence-corrected chi connectivity index (χ0v) is 9.38. The van der Waals surface area contributed by atoms with Gasteiger partial charge in [-0.2, -0.15) is 25.3 Å². The number of aliphatic hydroxyl groups excluding tert-OH is 2. The molecule has 1 unspecified atom stereocenters. The van der Waals surface area contributed by atoms with Gasteiger partial charge < -0.3 is 14.9 Å². The van der Waals surface area contributed by atoms with Gasteiger partial charge in [-0.1, -0.05) is 0 Å². The van der Waals surface area contributed by atoms with Gasteiger partial charge in [0.05, 0.1) is 11.9 Å². The summed E-state index contributed by atoms with van der Waals surface area (Å²) in [6.07, 6.45) is -2.32. The van der Waals surface area contributed by atoms with Gasteiger partial charge >= 0.3 is 5.97 Å². The first-order valence-electron chi connectivity index (χ1n) is 3.48. The monoisotopic (exact) mass is 244 g/mol. The van der Waals surface area contributed by atoms with Gasteiger partial charge in [-0.05, 0) is 0 Å². The van der Waals surface area contributed by atoms with E-state index in [1.807, 2.05) is 0 Å². The maximum absolute atomic E-state index is 10.7. The largest absolute Gasteiger partial charge is 0.448 e. The minimum atomic E-state index is -1.25. The first kappa shape index (κ1) is 13.4. The lowest BCUT2D eigenvalue weighted by molar-refractivity contribution is -0.147. The fourth-order valence-corrected chi connectivity index (χ4v) is 1.15. The minimum absolute atomic E-state index is 0.0661. The van der Waals surface area contributed by atoms with Crippen molar-refractivity contribution in [3.63, 3.8) is 0 Å². The van der Waals surface area contributed by atoms with Gasteiger partial charge in [0.1, 0.15) is 6.10 Å². The van der Waals surface area contributed by atoms with Crippen molar-refractivity contribution in [2.75, 3.05) is 11.5 Å². The molecule has 0 rings (SSSR count). The van der Waals surface area contributed by atoms with E-state index in [-0.39, 0.29) is 11.5 Å². The summed E-state index contributed by atoms with van der Waals surface area (Å²) in [5.74, 6) is -0.633. The molecule has 13 heavy (non-hydrogen) atoms. The number of carbonyl (C=O) groups is 1. The van der Waals surface area contributed by atoms with Gasteiger partial charge in [-0.25, -0.2) is 0 Å². The SMILES string of the molecule is O=C(CS)OC(S)[C@H](O)[C@@H](O)CS. The Kier molecular flexibility index (Phi) is 7.06. The quantitative estimate of drug-likeness (QED) is 0.254. The Bertz CT molecular complexity index is 166. The normalized spacial score (nSPS) is 17.6. The number of aliphatic hydroxyl groups is 2. The highest BCUT2D eigenvalue weighted by molar-refractivity contribution is 7.81. The summed E-state index contributed by atoms with van der Waals surface area (Å²) >= 11 is 11.2. The van der Waals surface area contributed by atoms with Crippen molar-refractivity contribution in [3.05, 3.63) is 0 Å². The summed E-state index contributed by atoms with van der Waals surface area (Å²) in [4.78, 5) is 10.7. The summed E-state index contributed by atoms with van der Waals surface area (Å²) in [5.41, 5.74) is -1.05. The number of hydrogen-bond donors (Lipinski definition) is 5. The predicted octanol–water partition coefficient (Wildman–Crippen LogP) is -0.633. The van der Waals surface area contributed by atoms with Crippen LogP contribution in [0, 0.1) is 0 Å². The van der Waals surface area contributed by atoms with Crippen molar-refractivity contribution in [3.8, 4) is 0 Å². The second kappa shape index (κ2) is 6.83. The smallest absolute Gasteiger partial charge is 0.316 e. The Hall–Kier alpha value is 0.440. The molecular weight excluding hydrogens is 232 g/mol. The summed E-state index contributed by atoms with van der Waals surface area (Å²) in [5, 5.41) is 18.3. The molecule has 0 saturated carbocycles. The van der Waals surface area contributed by atoms with Gasteiger partial charge in [-0.3, -0.25) is 4.79 Å². The molecule has 2 N–H and O–H groups in total. The molecule has 0 aromatic rings. The van der Waals surface area contributed by atoms with Crippen LogP contribution in [0.4, 0.5) is 0 Å². The number of ether oxygens (including phenoxy) is 1. The molecule has 0 aliphatic rings. The highest BCUT2D eigenvalue weighted by Gasteiger charge is 2.25. The summed E-state index contributed by atoms with van der Waals surface area (Å²) in [6.45, 7) is 0. The molecular formula is C6H12O4S3. The van der Waals surface area contributed by atoms with E-state index in [1.54, 1.807) is 0 Å². The van der Waals surface area contributed by atoms with Crippen LogP contribution in [0.25, 0.3) is 0 Å². The van der Waals surface area contributed by atoms with E-state index in [9.17, 15) is 9.90 Å². The molecule has 0 amide bonds. The van der Waals surface area contributed by atoms with E-state index in [4.69, 9.17) is 5.11 Å². The molecule has 3 atom stereocenters. The second-order valence-corrected chi connectivity index (χ2v) is 3.47. The van der Waals surface area contributed by atoms with Crippen LogP contribution in [0.1, 0.15) is 0 Å². The molecule has 0 saturated heterocycles. The lowest BCUT2D eigenvalue weighted by Gasteiger charge is -2.21. The average Bonchev–Trinajstić information content (AvgIpc) is 2.14. The Labute approximate surface area is 92.9 Å². The fraction of sp³-hybridized carbons (Fsp3) is 0.833. The van der Waals surface area contributed by atoms with E-state index in [1.165, 1.54) is 0 Å². The van der Waals surface area contributed by atoms with Crippen LogP contribution in [0.5, 0.6) is 0 Å². The average molecular weight is 244 g/mol. The van der Waals surface area contributed by atoms with Gasteiger partial charge in [-0.15, -0.1) is 12.6 Å². The number of hydrogen-bond acceptors (Lipinski definition) is 7. The van der Waals surface area contributed by atoms with Crippen molar-refractivity contribution < 1.29 is 19.7 Å². The van der Waals surface area contributed by atoms with Crippen molar-refractivity contribution >= 4 is 43.9 Å². The zero-order chi connectivity index (χ0) is 10.4. The molecule has 0 aromatic heterocycles. The third kappa shape index (κ3) is 5.02. The lowest BCUT2D eigenvalue weighted by atomic mass is 10.2. The van der Waals surface area contributed by atoms with Crippen LogP contribution in [-0.4, -0.2) is 45.3 Å². The third-order valence-corrected chi connectivity index (χ3v) is 2.30. The molecule has 0 aliphatic heterocycles. The van der Waals surface area contributed by atoms with Crippen LogP contribution >= 0.6 is 37.9 Å². The third-order valence-electron chi connectivity index (χ3n) is 1.25. The van der Waals surface area contributed by atoms with Crippen LogP contribution in [0.15, 0.2) is 0 Å². The summed E-state index contributed by atoms with van der Waals surface area (Å²) < 4.78 is 4.59. The number of rotatable bonds is 5. The van der Waals surface area contributed by atoms with Crippen molar-refractivity contribution in [2.24, 2.45) is 0 Å². The molecule has 7 heteroatoms. The van der Waals surface area contributed by atoms with Crippen molar-refractivity contribution in [1.29, 1.82) is 0 Å². The highest BCUT2D eigenvalue weighted by atomic mass is 32.1. The fourth-order valence-electron chi connectivity index (χ4n) is 0.540. The van der Waals surface area contributed by atoms with E-state index in [0.717, 1.165) is 0 Å². The van der Waals surface area contributed by atoms with Crippen molar-refractivity contribution in [2.45, 2.75) is 17.6 Å². The Balaban J connectivity index is 3.95. The van der Waals surface area contributed by atoms with E-state index < -0.39 is 23.6 Å². The molecule has 0 heterocycles. The standard InChI is InChI=1S/C6H12O4S3/c7-3(1-11)5(9)6(13)10-4(8)2-12/h3,5-7,9,11-13H,1-2H2/t3-,5+,6?/m0/s1. The lowest BCUT2D eigenvalue weighted by Crippen LogP contribution is -2.38. The highest BCUT2D eigenvalue weighted by Crippen LogP contribution is 2.10. The number of carbonyl (C=O) groups excluding carboxylic acids is 1.